The zero-order valence-corrected chi connectivity index (χ0v) is 12.0. The zero-order valence-electron chi connectivity index (χ0n) is 11.3. The van der Waals surface area contributed by atoms with Crippen LogP contribution in [0.2, 0.25) is 5.02 Å². The van der Waals surface area contributed by atoms with Crippen molar-refractivity contribution in [2.45, 2.75) is 18.9 Å². The molecule has 0 saturated heterocycles. The fraction of sp³-hybridized carbons (Fsp3) is 0.250. The van der Waals surface area contributed by atoms with E-state index in [1.165, 1.54) is 6.07 Å². The highest BCUT2D eigenvalue weighted by atomic mass is 35.5. The van der Waals surface area contributed by atoms with Gasteiger partial charge in [0.2, 0.25) is 0 Å². The second-order valence-electron chi connectivity index (χ2n) is 4.62. The lowest BCUT2D eigenvalue weighted by atomic mass is 9.99. The van der Waals surface area contributed by atoms with E-state index in [-0.39, 0.29) is 11.9 Å². The lowest BCUT2D eigenvalue weighted by Gasteiger charge is -2.13. The van der Waals surface area contributed by atoms with Crippen LogP contribution in [0.5, 0.6) is 5.75 Å². The summed E-state index contributed by atoms with van der Waals surface area (Å²) in [6.45, 7) is 0. The van der Waals surface area contributed by atoms with E-state index >= 15 is 0 Å². The number of nitrogens with two attached hydrogens (primary N) is 1. The summed E-state index contributed by atoms with van der Waals surface area (Å²) in [5.74, 6) is 0.512. The normalized spacial score (nSPS) is 12.2. The summed E-state index contributed by atoms with van der Waals surface area (Å²) >= 11 is 6.00. The van der Waals surface area contributed by atoms with Gasteiger partial charge in [-0.2, -0.15) is 0 Å². The van der Waals surface area contributed by atoms with Crippen LogP contribution in [0.4, 0.5) is 4.39 Å². The molecule has 1 unspecified atom stereocenters. The molecule has 2 nitrogen and oxygen atoms in total. The molecule has 20 heavy (non-hydrogen) atoms. The quantitative estimate of drug-likeness (QED) is 0.900. The van der Waals surface area contributed by atoms with Gasteiger partial charge < -0.3 is 10.5 Å². The Labute approximate surface area is 123 Å². The third-order valence-electron chi connectivity index (χ3n) is 3.31. The summed E-state index contributed by atoms with van der Waals surface area (Å²) in [5.41, 5.74) is 7.65. The second-order valence-corrected chi connectivity index (χ2v) is 5.03. The van der Waals surface area contributed by atoms with E-state index in [2.05, 4.69) is 0 Å². The fourth-order valence-electron chi connectivity index (χ4n) is 2.09. The first-order chi connectivity index (χ1) is 9.61. The van der Waals surface area contributed by atoms with Gasteiger partial charge in [0.05, 0.1) is 7.11 Å². The molecule has 2 N–H and O–H groups in total. The molecule has 106 valence electrons. The van der Waals surface area contributed by atoms with Crippen molar-refractivity contribution in [3.8, 4) is 5.75 Å². The predicted molar refractivity (Wildman–Crippen MR) is 79.7 cm³/mol. The number of hydrogen-bond donors (Lipinski definition) is 1. The van der Waals surface area contributed by atoms with Gasteiger partial charge in [-0.05, 0) is 42.7 Å². The highest BCUT2D eigenvalue weighted by Gasteiger charge is 2.11. The molecule has 0 aliphatic heterocycles. The average Bonchev–Trinajstić information content (AvgIpc) is 2.46. The maximum atomic E-state index is 13.7. The standard InChI is InChI=1S/C16H17ClFNO/c1-20-12-7-5-11(6-8-12)16(19)10-9-13-14(17)3-2-4-15(13)18/h2-8,16H,9-10,19H2,1H3. The maximum absolute atomic E-state index is 13.7. The van der Waals surface area contributed by atoms with Crippen LogP contribution in [0.25, 0.3) is 0 Å². The molecule has 0 bridgehead atoms. The van der Waals surface area contributed by atoms with Crippen molar-refractivity contribution in [1.82, 2.24) is 0 Å². The minimum atomic E-state index is -0.278. The van der Waals surface area contributed by atoms with Crippen LogP contribution >= 0.6 is 11.6 Å². The lowest BCUT2D eigenvalue weighted by molar-refractivity contribution is 0.414. The van der Waals surface area contributed by atoms with Gasteiger partial charge in [0.25, 0.3) is 0 Å². The molecule has 1 atom stereocenters. The van der Waals surface area contributed by atoms with Crippen LogP contribution in [0, 0.1) is 5.82 Å². The van der Waals surface area contributed by atoms with Crippen LogP contribution in [0.15, 0.2) is 42.5 Å². The summed E-state index contributed by atoms with van der Waals surface area (Å²) < 4.78 is 18.8. The zero-order chi connectivity index (χ0) is 14.5. The number of methoxy groups -OCH3 is 1. The topological polar surface area (TPSA) is 35.2 Å². The first-order valence-electron chi connectivity index (χ1n) is 6.44. The monoisotopic (exact) mass is 293 g/mol. The number of halogens is 2. The average molecular weight is 294 g/mol. The van der Waals surface area contributed by atoms with Gasteiger partial charge in [0.15, 0.2) is 0 Å². The van der Waals surface area contributed by atoms with Crippen molar-refractivity contribution >= 4 is 11.6 Å². The molecule has 0 spiro atoms. The van der Waals surface area contributed by atoms with Gasteiger partial charge >= 0.3 is 0 Å². The summed E-state index contributed by atoms with van der Waals surface area (Å²) in [5, 5.41) is 0.451. The molecule has 0 fully saturated rings. The molecule has 0 aromatic heterocycles. The van der Waals surface area contributed by atoms with Crippen LogP contribution in [-0.4, -0.2) is 7.11 Å². The minimum Gasteiger partial charge on any atom is -0.497 e. The number of hydrogen-bond acceptors (Lipinski definition) is 2. The van der Waals surface area contributed by atoms with Crippen molar-refractivity contribution < 1.29 is 9.13 Å². The van der Waals surface area contributed by atoms with Crippen molar-refractivity contribution in [1.29, 1.82) is 0 Å². The Balaban J connectivity index is 2.02. The summed E-state index contributed by atoms with van der Waals surface area (Å²) in [4.78, 5) is 0. The Morgan fingerprint density at radius 2 is 1.90 bits per heavy atom. The summed E-state index contributed by atoms with van der Waals surface area (Å²) in [7, 11) is 1.62. The van der Waals surface area contributed by atoms with Crippen molar-refractivity contribution in [2.24, 2.45) is 5.73 Å². The van der Waals surface area contributed by atoms with Crippen molar-refractivity contribution in [3.05, 3.63) is 64.4 Å². The van der Waals surface area contributed by atoms with Gasteiger partial charge in [-0.25, -0.2) is 4.39 Å². The molecule has 0 heterocycles. The molecule has 0 radical (unpaired) electrons. The summed E-state index contributed by atoms with van der Waals surface area (Å²) in [6, 6.07) is 12.1. The van der Waals surface area contributed by atoms with E-state index < -0.39 is 0 Å². The summed E-state index contributed by atoms with van der Waals surface area (Å²) in [6.07, 6.45) is 1.14. The maximum Gasteiger partial charge on any atom is 0.127 e. The molecule has 4 heteroatoms. The first-order valence-corrected chi connectivity index (χ1v) is 6.82. The Kier molecular flexibility index (Phi) is 4.99. The van der Waals surface area contributed by atoms with E-state index in [0.717, 1.165) is 11.3 Å². The predicted octanol–water partition coefficient (Wildman–Crippen LogP) is 4.12. The molecule has 2 aromatic carbocycles. The van der Waals surface area contributed by atoms with Crippen molar-refractivity contribution in [3.63, 3.8) is 0 Å². The van der Waals surface area contributed by atoms with Crippen LogP contribution in [0.1, 0.15) is 23.6 Å². The van der Waals surface area contributed by atoms with Crippen molar-refractivity contribution in [2.75, 3.05) is 7.11 Å². The third kappa shape index (κ3) is 3.50. The molecule has 0 aliphatic carbocycles. The number of benzene rings is 2. The van der Waals surface area contributed by atoms with Gasteiger partial charge in [-0.1, -0.05) is 29.8 Å². The number of ether oxygens (including phenoxy) is 1. The second kappa shape index (κ2) is 6.73. The van der Waals surface area contributed by atoms with E-state index in [0.29, 0.717) is 23.4 Å². The lowest BCUT2D eigenvalue weighted by Crippen LogP contribution is -2.11. The third-order valence-corrected chi connectivity index (χ3v) is 3.67. The van der Waals surface area contributed by atoms with E-state index in [4.69, 9.17) is 22.1 Å². The molecule has 0 amide bonds. The molecular formula is C16H17ClFNO. The minimum absolute atomic E-state index is 0.156. The fourth-order valence-corrected chi connectivity index (χ4v) is 2.35. The molecule has 2 rings (SSSR count). The van der Waals surface area contributed by atoms with Crippen LogP contribution in [0.3, 0.4) is 0 Å². The SMILES string of the molecule is COc1ccc(C(N)CCc2c(F)cccc2Cl)cc1. The Bertz CT molecular complexity index is 551. The smallest absolute Gasteiger partial charge is 0.127 e. The highest BCUT2D eigenvalue weighted by molar-refractivity contribution is 6.31. The van der Waals surface area contributed by atoms with E-state index in [1.54, 1.807) is 19.2 Å². The molecule has 0 saturated carbocycles. The van der Waals surface area contributed by atoms with E-state index in [1.807, 2.05) is 24.3 Å². The van der Waals surface area contributed by atoms with Gasteiger partial charge in [0.1, 0.15) is 11.6 Å². The van der Waals surface area contributed by atoms with Gasteiger partial charge in [0, 0.05) is 16.6 Å². The van der Waals surface area contributed by atoms with Crippen LogP contribution < -0.4 is 10.5 Å². The molecule has 2 aromatic rings. The molecular weight excluding hydrogens is 277 g/mol. The Morgan fingerprint density at radius 3 is 2.50 bits per heavy atom. The van der Waals surface area contributed by atoms with Gasteiger partial charge in [-0.3, -0.25) is 0 Å². The Hall–Kier alpha value is -1.58. The largest absolute Gasteiger partial charge is 0.497 e. The van der Waals surface area contributed by atoms with Gasteiger partial charge in [-0.15, -0.1) is 0 Å². The number of rotatable bonds is 5. The highest BCUT2D eigenvalue weighted by Crippen LogP contribution is 2.24. The molecule has 0 aliphatic rings. The van der Waals surface area contributed by atoms with E-state index in [9.17, 15) is 4.39 Å². The first kappa shape index (κ1) is 14.8. The van der Waals surface area contributed by atoms with Crippen LogP contribution in [-0.2, 0) is 6.42 Å². The Morgan fingerprint density at radius 1 is 1.20 bits per heavy atom.